The van der Waals surface area contributed by atoms with Gasteiger partial charge in [0.25, 0.3) is 0 Å². The summed E-state index contributed by atoms with van der Waals surface area (Å²) in [6.07, 6.45) is 3.86. The maximum Gasteiger partial charge on any atom is 0.161 e. The lowest BCUT2D eigenvalue weighted by molar-refractivity contribution is -0.671. The van der Waals surface area contributed by atoms with E-state index in [-0.39, 0.29) is 6.10 Å². The fourth-order valence-electron chi connectivity index (χ4n) is 3.70. The highest BCUT2D eigenvalue weighted by molar-refractivity contribution is 5.42. The Bertz CT molecular complexity index is 740. The van der Waals surface area contributed by atoms with Crippen LogP contribution in [0.2, 0.25) is 0 Å². The van der Waals surface area contributed by atoms with E-state index in [0.29, 0.717) is 5.92 Å². The number of hydrogen-bond donors (Lipinski definition) is 1. The van der Waals surface area contributed by atoms with Crippen LogP contribution in [0.1, 0.15) is 64.0 Å². The molecule has 0 saturated carbocycles. The van der Waals surface area contributed by atoms with Crippen molar-refractivity contribution in [3.05, 3.63) is 53.6 Å². The second kappa shape index (κ2) is 12.5. The first-order chi connectivity index (χ1) is 14.4. The Hall–Kier alpha value is -2.20. The lowest BCUT2D eigenvalue weighted by Crippen LogP contribution is -2.82. The molecule has 0 aliphatic heterocycles. The molecule has 0 radical (unpaired) electrons. The van der Waals surface area contributed by atoms with Gasteiger partial charge in [0.05, 0.1) is 26.9 Å². The molecule has 0 amide bonds. The summed E-state index contributed by atoms with van der Waals surface area (Å²) in [4.78, 5) is 0. The third kappa shape index (κ3) is 7.91. The molecular weight excluding hydrogens is 374 g/mol. The Morgan fingerprint density at radius 2 is 1.50 bits per heavy atom. The summed E-state index contributed by atoms with van der Waals surface area (Å²) in [7, 11) is 3.35. The zero-order valence-corrected chi connectivity index (χ0v) is 19.6. The van der Waals surface area contributed by atoms with Crippen LogP contribution in [-0.4, -0.2) is 26.9 Å². The van der Waals surface area contributed by atoms with Gasteiger partial charge in [0, 0.05) is 12.0 Å². The minimum atomic E-state index is 0.207. The van der Waals surface area contributed by atoms with Gasteiger partial charge in [-0.15, -0.1) is 0 Å². The van der Waals surface area contributed by atoms with E-state index in [0.717, 1.165) is 36.3 Å². The summed E-state index contributed by atoms with van der Waals surface area (Å²) in [6.45, 7) is 10.8. The molecule has 0 aliphatic carbocycles. The third-order valence-electron chi connectivity index (χ3n) is 5.36. The molecule has 0 spiro atoms. The average molecular weight is 415 g/mol. The Kier molecular flexibility index (Phi) is 10.0. The van der Waals surface area contributed by atoms with Crippen LogP contribution in [0, 0.1) is 5.92 Å². The SMILES string of the molecule is COc1ccc(C[NH2+]CC[C@H](CCC(C)C)c2ccc(OC(C)C)cc2)cc1OC. The van der Waals surface area contributed by atoms with Crippen molar-refractivity contribution < 1.29 is 19.5 Å². The predicted molar refractivity (Wildman–Crippen MR) is 124 cm³/mol. The van der Waals surface area contributed by atoms with E-state index in [2.05, 4.69) is 69.4 Å². The van der Waals surface area contributed by atoms with E-state index in [4.69, 9.17) is 14.2 Å². The molecule has 0 fully saturated rings. The number of ether oxygens (including phenoxy) is 3. The highest BCUT2D eigenvalue weighted by atomic mass is 16.5. The minimum absolute atomic E-state index is 0.207. The third-order valence-corrected chi connectivity index (χ3v) is 5.36. The fourth-order valence-corrected chi connectivity index (χ4v) is 3.70. The molecule has 1 atom stereocenters. The lowest BCUT2D eigenvalue weighted by atomic mass is 9.88. The summed E-state index contributed by atoms with van der Waals surface area (Å²) in [6, 6.07) is 14.9. The maximum atomic E-state index is 5.80. The second-order valence-electron chi connectivity index (χ2n) is 8.66. The molecule has 0 saturated heterocycles. The average Bonchev–Trinajstić information content (AvgIpc) is 2.73. The van der Waals surface area contributed by atoms with Crippen molar-refractivity contribution in [1.82, 2.24) is 0 Å². The van der Waals surface area contributed by atoms with Gasteiger partial charge in [-0.05, 0) is 68.0 Å². The van der Waals surface area contributed by atoms with Crippen LogP contribution in [0.3, 0.4) is 0 Å². The molecule has 2 N–H and O–H groups in total. The highest BCUT2D eigenvalue weighted by Gasteiger charge is 2.14. The molecule has 4 nitrogen and oxygen atoms in total. The fraction of sp³-hybridized carbons (Fsp3) is 0.538. The Morgan fingerprint density at radius 3 is 2.10 bits per heavy atom. The van der Waals surface area contributed by atoms with Crippen LogP contribution in [0.4, 0.5) is 0 Å². The van der Waals surface area contributed by atoms with E-state index >= 15 is 0 Å². The summed E-state index contributed by atoms with van der Waals surface area (Å²) < 4.78 is 16.6. The smallest absolute Gasteiger partial charge is 0.161 e. The van der Waals surface area contributed by atoms with Crippen LogP contribution >= 0.6 is 0 Å². The highest BCUT2D eigenvalue weighted by Crippen LogP contribution is 2.29. The molecule has 30 heavy (non-hydrogen) atoms. The summed E-state index contributed by atoms with van der Waals surface area (Å²) in [5, 5.41) is 2.39. The van der Waals surface area contributed by atoms with Crippen molar-refractivity contribution in [3.8, 4) is 17.2 Å². The minimum Gasteiger partial charge on any atom is -0.493 e. The van der Waals surface area contributed by atoms with E-state index in [1.54, 1.807) is 14.2 Å². The molecule has 0 bridgehead atoms. The Morgan fingerprint density at radius 1 is 0.800 bits per heavy atom. The molecule has 0 unspecified atom stereocenters. The molecular formula is C26H40NO3+. The van der Waals surface area contributed by atoms with Crippen molar-refractivity contribution in [1.29, 1.82) is 0 Å². The van der Waals surface area contributed by atoms with E-state index < -0.39 is 0 Å². The molecule has 2 rings (SSSR count). The molecule has 0 heterocycles. The Labute approximate surface area is 182 Å². The maximum absolute atomic E-state index is 5.80. The van der Waals surface area contributed by atoms with Crippen LogP contribution in [-0.2, 0) is 6.54 Å². The van der Waals surface area contributed by atoms with Gasteiger partial charge in [-0.3, -0.25) is 0 Å². The van der Waals surface area contributed by atoms with Gasteiger partial charge in [0.2, 0.25) is 0 Å². The second-order valence-corrected chi connectivity index (χ2v) is 8.66. The van der Waals surface area contributed by atoms with Crippen LogP contribution in [0.15, 0.2) is 42.5 Å². The standard InChI is InChI=1S/C26H39NO3/c1-19(2)7-9-23(22-10-12-24(13-11-22)30-20(3)4)15-16-27-18-21-8-14-25(28-5)26(17-21)29-6/h8,10-14,17,19-20,23,27H,7,9,15-16,18H2,1-6H3/p+1/t23-/m0/s1. The Balaban J connectivity index is 1.93. The number of rotatable bonds is 13. The first-order valence-electron chi connectivity index (χ1n) is 11.2. The van der Waals surface area contributed by atoms with Gasteiger partial charge >= 0.3 is 0 Å². The number of methoxy groups -OCH3 is 2. The molecule has 4 heteroatoms. The first-order valence-corrected chi connectivity index (χ1v) is 11.2. The van der Waals surface area contributed by atoms with Crippen molar-refractivity contribution in [2.75, 3.05) is 20.8 Å². The van der Waals surface area contributed by atoms with Crippen molar-refractivity contribution >= 4 is 0 Å². The van der Waals surface area contributed by atoms with Gasteiger partial charge in [0.1, 0.15) is 12.3 Å². The molecule has 2 aromatic carbocycles. The van der Waals surface area contributed by atoms with Crippen LogP contribution in [0.25, 0.3) is 0 Å². The molecule has 0 aliphatic rings. The molecule has 0 aromatic heterocycles. The van der Waals surface area contributed by atoms with Crippen LogP contribution in [0.5, 0.6) is 17.2 Å². The number of nitrogens with two attached hydrogens (primary N) is 1. The van der Waals surface area contributed by atoms with Crippen LogP contribution < -0.4 is 19.5 Å². The van der Waals surface area contributed by atoms with Gasteiger partial charge in [-0.2, -0.15) is 0 Å². The molecule has 2 aromatic rings. The number of benzene rings is 2. The first kappa shape index (κ1) is 24.1. The zero-order valence-electron chi connectivity index (χ0n) is 19.6. The van der Waals surface area contributed by atoms with Crippen molar-refractivity contribution in [3.63, 3.8) is 0 Å². The van der Waals surface area contributed by atoms with Gasteiger partial charge in [0.15, 0.2) is 11.5 Å². The largest absolute Gasteiger partial charge is 0.493 e. The number of quaternary nitrogens is 1. The van der Waals surface area contributed by atoms with Gasteiger partial charge in [-0.25, -0.2) is 0 Å². The van der Waals surface area contributed by atoms with Gasteiger partial charge in [-0.1, -0.05) is 32.4 Å². The van der Waals surface area contributed by atoms with Crippen molar-refractivity contribution in [2.24, 2.45) is 5.92 Å². The van der Waals surface area contributed by atoms with E-state index in [1.165, 1.54) is 30.4 Å². The normalized spacial score (nSPS) is 12.3. The zero-order chi connectivity index (χ0) is 21.9. The molecule has 166 valence electrons. The lowest BCUT2D eigenvalue weighted by Gasteiger charge is -2.19. The summed E-state index contributed by atoms with van der Waals surface area (Å²) >= 11 is 0. The predicted octanol–water partition coefficient (Wildman–Crippen LogP) is 5.16. The monoisotopic (exact) mass is 414 g/mol. The quantitative estimate of drug-likeness (QED) is 0.460. The van der Waals surface area contributed by atoms with E-state index in [9.17, 15) is 0 Å². The van der Waals surface area contributed by atoms with Crippen molar-refractivity contribution in [2.45, 2.75) is 65.5 Å². The summed E-state index contributed by atoms with van der Waals surface area (Å²) in [5.74, 6) is 3.84. The van der Waals surface area contributed by atoms with E-state index in [1.807, 2.05) is 6.07 Å². The topological polar surface area (TPSA) is 44.3 Å². The number of hydrogen-bond acceptors (Lipinski definition) is 3. The summed E-state index contributed by atoms with van der Waals surface area (Å²) in [5.41, 5.74) is 2.67. The van der Waals surface area contributed by atoms with Gasteiger partial charge < -0.3 is 19.5 Å².